The van der Waals surface area contributed by atoms with Gasteiger partial charge < -0.3 is 5.73 Å². The fourth-order valence-electron chi connectivity index (χ4n) is 2.89. The first-order valence-corrected chi connectivity index (χ1v) is 6.40. The van der Waals surface area contributed by atoms with Gasteiger partial charge in [-0.2, -0.15) is 5.10 Å². The van der Waals surface area contributed by atoms with E-state index in [1.54, 1.807) is 0 Å². The maximum Gasteiger partial charge on any atom is 0.0675 e. The third-order valence-electron chi connectivity index (χ3n) is 3.91. The molecule has 3 heteroatoms. The van der Waals surface area contributed by atoms with Gasteiger partial charge in [0.2, 0.25) is 0 Å². The van der Waals surface area contributed by atoms with E-state index in [-0.39, 0.29) is 6.04 Å². The number of aryl methyl sites for hydroxylation is 2. The van der Waals surface area contributed by atoms with Crippen LogP contribution in [0.2, 0.25) is 0 Å². The number of rotatable bonds is 2. The average Bonchev–Trinajstić information content (AvgIpc) is 2.58. The molecule has 3 unspecified atom stereocenters. The first-order chi connectivity index (χ1) is 7.61. The summed E-state index contributed by atoms with van der Waals surface area (Å²) in [5.74, 6) is 0.828. The van der Waals surface area contributed by atoms with Crippen molar-refractivity contribution < 1.29 is 0 Å². The van der Waals surface area contributed by atoms with Crippen LogP contribution in [0.3, 0.4) is 0 Å². The maximum absolute atomic E-state index is 6.25. The second kappa shape index (κ2) is 4.58. The largest absolute Gasteiger partial charge is 0.326 e. The Balaban J connectivity index is 2.21. The Morgan fingerprint density at radius 3 is 2.75 bits per heavy atom. The molecule has 0 amide bonds. The summed E-state index contributed by atoms with van der Waals surface area (Å²) in [7, 11) is 0. The molecule has 1 aromatic heterocycles. The number of hydrogen-bond donors (Lipinski definition) is 1. The molecule has 1 aliphatic carbocycles. The van der Waals surface area contributed by atoms with Gasteiger partial charge in [-0.25, -0.2) is 0 Å². The molecule has 3 nitrogen and oxygen atoms in total. The van der Waals surface area contributed by atoms with E-state index >= 15 is 0 Å². The van der Waals surface area contributed by atoms with E-state index in [1.807, 2.05) is 0 Å². The first kappa shape index (κ1) is 11.6. The van der Waals surface area contributed by atoms with Crippen molar-refractivity contribution in [2.75, 3.05) is 0 Å². The van der Waals surface area contributed by atoms with Crippen LogP contribution in [0.4, 0.5) is 0 Å². The molecule has 1 saturated carbocycles. The monoisotopic (exact) mass is 221 g/mol. The number of aromatic nitrogens is 2. The maximum atomic E-state index is 6.25. The second-order valence-electron chi connectivity index (χ2n) is 5.19. The molecule has 3 atom stereocenters. The highest BCUT2D eigenvalue weighted by atomic mass is 15.3. The van der Waals surface area contributed by atoms with Gasteiger partial charge in [0.25, 0.3) is 0 Å². The van der Waals surface area contributed by atoms with Crippen molar-refractivity contribution >= 4 is 0 Å². The normalized spacial score (nSPS) is 30.6. The minimum atomic E-state index is 0.279. The van der Waals surface area contributed by atoms with Gasteiger partial charge in [-0.3, -0.25) is 4.68 Å². The SMILES string of the molecule is CCC1CCC(N)C(n2nc(C)cc2C)C1. The quantitative estimate of drug-likeness (QED) is 0.834. The third kappa shape index (κ3) is 2.14. The molecular formula is C13H23N3. The van der Waals surface area contributed by atoms with Crippen molar-refractivity contribution in [2.45, 2.75) is 58.5 Å². The summed E-state index contributed by atoms with van der Waals surface area (Å²) in [6.45, 7) is 6.46. The lowest BCUT2D eigenvalue weighted by molar-refractivity contribution is 0.214. The lowest BCUT2D eigenvalue weighted by Gasteiger charge is -2.34. The number of nitrogens with zero attached hydrogens (tertiary/aromatic N) is 2. The lowest BCUT2D eigenvalue weighted by Crippen LogP contribution is -2.38. The van der Waals surface area contributed by atoms with Crippen LogP contribution in [0, 0.1) is 19.8 Å². The second-order valence-corrected chi connectivity index (χ2v) is 5.19. The molecule has 0 bridgehead atoms. The van der Waals surface area contributed by atoms with Crippen LogP contribution in [0.15, 0.2) is 6.07 Å². The molecule has 1 heterocycles. The van der Waals surface area contributed by atoms with Crippen molar-refractivity contribution in [2.24, 2.45) is 11.7 Å². The Morgan fingerprint density at radius 2 is 2.19 bits per heavy atom. The summed E-state index contributed by atoms with van der Waals surface area (Å²) in [5, 5.41) is 4.59. The van der Waals surface area contributed by atoms with Gasteiger partial charge in [-0.1, -0.05) is 13.3 Å². The van der Waals surface area contributed by atoms with Gasteiger partial charge in [-0.15, -0.1) is 0 Å². The first-order valence-electron chi connectivity index (χ1n) is 6.40. The summed E-state index contributed by atoms with van der Waals surface area (Å²) in [6.07, 6.45) is 4.89. The Labute approximate surface area is 98.0 Å². The molecular weight excluding hydrogens is 198 g/mol. The minimum absolute atomic E-state index is 0.279. The predicted octanol–water partition coefficient (Wildman–Crippen LogP) is 2.58. The van der Waals surface area contributed by atoms with Gasteiger partial charge in [0.1, 0.15) is 0 Å². The average molecular weight is 221 g/mol. The summed E-state index contributed by atoms with van der Waals surface area (Å²) in [6, 6.07) is 2.83. The van der Waals surface area contributed by atoms with Crippen LogP contribution in [-0.2, 0) is 0 Å². The fraction of sp³-hybridized carbons (Fsp3) is 0.769. The van der Waals surface area contributed by atoms with Crippen molar-refractivity contribution in [1.82, 2.24) is 9.78 Å². The Kier molecular flexibility index (Phi) is 3.33. The Morgan fingerprint density at radius 1 is 1.44 bits per heavy atom. The zero-order valence-corrected chi connectivity index (χ0v) is 10.6. The van der Waals surface area contributed by atoms with Crippen molar-refractivity contribution in [3.05, 3.63) is 17.5 Å². The topological polar surface area (TPSA) is 43.8 Å². The molecule has 0 aromatic carbocycles. The van der Waals surface area contributed by atoms with Crippen LogP contribution < -0.4 is 5.73 Å². The fourth-order valence-corrected chi connectivity index (χ4v) is 2.89. The number of hydrogen-bond acceptors (Lipinski definition) is 2. The van der Waals surface area contributed by atoms with E-state index in [0.717, 1.165) is 18.0 Å². The molecule has 1 fully saturated rings. The van der Waals surface area contributed by atoms with Crippen molar-refractivity contribution in [3.8, 4) is 0 Å². The van der Waals surface area contributed by atoms with Crippen LogP contribution in [0.1, 0.15) is 50.0 Å². The van der Waals surface area contributed by atoms with Crippen LogP contribution in [-0.4, -0.2) is 15.8 Å². The van der Waals surface area contributed by atoms with Crippen LogP contribution >= 0.6 is 0 Å². The standard InChI is InChI=1S/C13H23N3/c1-4-11-5-6-12(14)13(8-11)16-10(3)7-9(2)15-16/h7,11-13H,4-6,8,14H2,1-3H3. The molecule has 1 aromatic rings. The lowest BCUT2D eigenvalue weighted by atomic mass is 9.81. The minimum Gasteiger partial charge on any atom is -0.326 e. The zero-order valence-electron chi connectivity index (χ0n) is 10.6. The van der Waals surface area contributed by atoms with E-state index in [4.69, 9.17) is 5.73 Å². The van der Waals surface area contributed by atoms with Crippen molar-refractivity contribution in [3.63, 3.8) is 0 Å². The van der Waals surface area contributed by atoms with Gasteiger partial charge >= 0.3 is 0 Å². The van der Waals surface area contributed by atoms with Gasteiger partial charge in [0.05, 0.1) is 11.7 Å². The highest BCUT2D eigenvalue weighted by molar-refractivity contribution is 5.08. The summed E-state index contributed by atoms with van der Waals surface area (Å²) < 4.78 is 2.15. The van der Waals surface area contributed by atoms with E-state index < -0.39 is 0 Å². The molecule has 2 rings (SSSR count). The van der Waals surface area contributed by atoms with E-state index in [9.17, 15) is 0 Å². The van der Waals surface area contributed by atoms with Crippen LogP contribution in [0.5, 0.6) is 0 Å². The highest BCUT2D eigenvalue weighted by Gasteiger charge is 2.29. The molecule has 0 radical (unpaired) electrons. The van der Waals surface area contributed by atoms with Gasteiger partial charge in [-0.05, 0) is 45.1 Å². The Bertz CT molecular complexity index is 356. The zero-order chi connectivity index (χ0) is 11.7. The summed E-state index contributed by atoms with van der Waals surface area (Å²) >= 11 is 0. The third-order valence-corrected chi connectivity index (χ3v) is 3.91. The van der Waals surface area contributed by atoms with E-state index in [1.165, 1.54) is 25.0 Å². The van der Waals surface area contributed by atoms with E-state index in [2.05, 4.69) is 36.6 Å². The molecule has 2 N–H and O–H groups in total. The highest BCUT2D eigenvalue weighted by Crippen LogP contribution is 2.33. The molecule has 90 valence electrons. The molecule has 1 aliphatic rings. The van der Waals surface area contributed by atoms with E-state index in [0.29, 0.717) is 6.04 Å². The smallest absolute Gasteiger partial charge is 0.0675 e. The van der Waals surface area contributed by atoms with Crippen LogP contribution in [0.25, 0.3) is 0 Å². The number of nitrogens with two attached hydrogens (primary N) is 1. The molecule has 0 spiro atoms. The van der Waals surface area contributed by atoms with Gasteiger partial charge in [0.15, 0.2) is 0 Å². The molecule has 0 saturated heterocycles. The van der Waals surface area contributed by atoms with Gasteiger partial charge in [0, 0.05) is 11.7 Å². The molecule has 0 aliphatic heterocycles. The predicted molar refractivity (Wildman–Crippen MR) is 66.3 cm³/mol. The van der Waals surface area contributed by atoms with Crippen molar-refractivity contribution in [1.29, 1.82) is 0 Å². The Hall–Kier alpha value is -0.830. The summed E-state index contributed by atoms with van der Waals surface area (Å²) in [4.78, 5) is 0. The molecule has 16 heavy (non-hydrogen) atoms. The summed E-state index contributed by atoms with van der Waals surface area (Å²) in [5.41, 5.74) is 8.59.